The van der Waals surface area contributed by atoms with E-state index in [-0.39, 0.29) is 30.4 Å². The molecule has 0 aliphatic heterocycles. The minimum atomic E-state index is -1.60. The van der Waals surface area contributed by atoms with E-state index in [1.165, 1.54) is 60.4 Å². The van der Waals surface area contributed by atoms with Crippen molar-refractivity contribution in [3.8, 4) is 0 Å². The summed E-state index contributed by atoms with van der Waals surface area (Å²) in [6.45, 7) is 21.2. The number of alkyl carbamates (subject to hydrolysis) is 1. The average Bonchev–Trinajstić information content (AvgIpc) is 3.11. The Kier molecular flexibility index (Phi) is 21.1. The number of carbonyl (C=O) groups excluding carboxylic acids is 8. The number of hydrogen-bond acceptors (Lipinski definition) is 11. The van der Waals surface area contributed by atoms with Crippen LogP contribution in [0.5, 0.6) is 0 Å². The van der Waals surface area contributed by atoms with Gasteiger partial charge in [0.25, 0.3) is 0 Å². The van der Waals surface area contributed by atoms with Crippen LogP contribution < -0.4 is 37.2 Å². The third-order valence-corrected chi connectivity index (χ3v) is 9.82. The molecule has 338 valence electrons. The number of methoxy groups -OCH3 is 1. The Bertz CT molecular complexity index is 1650. The van der Waals surface area contributed by atoms with Gasteiger partial charge in [0.1, 0.15) is 46.9 Å². The molecular weight excluding hydrogens is 795 g/mol. The average molecular weight is 864 g/mol. The summed E-state index contributed by atoms with van der Waals surface area (Å²) < 4.78 is 10.0. The molecule has 60 heavy (non-hydrogen) atoms. The first-order chi connectivity index (χ1) is 27.6. The smallest absolute Gasteiger partial charge is 0.408 e. The quantitative estimate of drug-likeness (QED) is 0.0837. The molecule has 0 heterocycles. The van der Waals surface area contributed by atoms with Crippen LogP contribution in [0.15, 0.2) is 30.3 Å². The van der Waals surface area contributed by atoms with Crippen molar-refractivity contribution >= 4 is 59.3 Å². The van der Waals surface area contributed by atoms with Crippen LogP contribution in [-0.4, -0.2) is 107 Å². The highest BCUT2D eigenvalue weighted by Crippen LogP contribution is 2.16. The minimum absolute atomic E-state index is 0.0288. The van der Waals surface area contributed by atoms with E-state index in [2.05, 4.69) is 37.2 Å². The van der Waals surface area contributed by atoms with E-state index in [1.807, 2.05) is 58.0 Å². The van der Waals surface area contributed by atoms with E-state index in [9.17, 15) is 38.4 Å². The lowest BCUT2D eigenvalue weighted by Gasteiger charge is -2.31. The number of esters is 1. The normalized spacial score (nSPS) is 14.3. The minimum Gasteiger partial charge on any atom is -0.467 e. The number of rotatable bonds is 22. The maximum atomic E-state index is 13.9. The third kappa shape index (κ3) is 19.5. The summed E-state index contributed by atoms with van der Waals surface area (Å²) in [6.07, 6.45) is -0.366. The number of benzene rings is 1. The fourth-order valence-electron chi connectivity index (χ4n) is 5.47. The summed E-state index contributed by atoms with van der Waals surface area (Å²) in [7, 11) is 1.20. The van der Waals surface area contributed by atoms with Gasteiger partial charge in [0, 0.05) is 11.5 Å². The van der Waals surface area contributed by atoms with E-state index in [4.69, 9.17) is 9.47 Å². The Balaban J connectivity index is 3.21. The van der Waals surface area contributed by atoms with Crippen LogP contribution in [0.4, 0.5) is 4.79 Å². The van der Waals surface area contributed by atoms with Crippen LogP contribution in [0.3, 0.4) is 0 Å². The molecule has 17 nitrogen and oxygen atoms in total. The van der Waals surface area contributed by atoms with Gasteiger partial charge in [0.15, 0.2) is 0 Å². The lowest BCUT2D eigenvalue weighted by molar-refractivity contribution is -0.149. The van der Waals surface area contributed by atoms with Crippen LogP contribution in [0.1, 0.15) is 108 Å². The topological polar surface area (TPSA) is 239 Å². The summed E-state index contributed by atoms with van der Waals surface area (Å²) in [5, 5.41) is 18.4. The predicted octanol–water partition coefficient (Wildman–Crippen LogP) is 2.85. The van der Waals surface area contributed by atoms with Crippen LogP contribution in [0.25, 0.3) is 0 Å². The van der Waals surface area contributed by atoms with Crippen molar-refractivity contribution in [2.45, 2.75) is 155 Å². The van der Waals surface area contributed by atoms with Gasteiger partial charge in [0.05, 0.1) is 7.11 Å². The number of amides is 7. The number of carbonyl (C=O) groups is 8. The zero-order valence-corrected chi connectivity index (χ0v) is 38.6. The first-order valence-electron chi connectivity index (χ1n) is 20.1. The van der Waals surface area contributed by atoms with Gasteiger partial charge in [-0.1, -0.05) is 58.0 Å². The molecule has 0 radical (unpaired) electrons. The molecule has 0 fully saturated rings. The maximum Gasteiger partial charge on any atom is 0.408 e. The predicted molar refractivity (Wildman–Crippen MR) is 230 cm³/mol. The molecule has 0 saturated carbocycles. The first-order valence-corrected chi connectivity index (χ1v) is 21.3. The van der Waals surface area contributed by atoms with E-state index in [0.29, 0.717) is 5.75 Å². The van der Waals surface area contributed by atoms with Crippen LogP contribution in [-0.2, 0) is 48.8 Å². The Labute approximate surface area is 359 Å². The SMILES string of the molecule is COC(=O)C(C)(C)NC(=O)[C@H](CC(C)C)NC(=O)[C@H](C)NC(=O)[C@H](CSCc1ccccc1)NC(=O)C(C)(C)NC(=O)[C@H](CC(C)C)NC(=O)[C@H](C)NC(=O)OC(C)(C)C. The lowest BCUT2D eigenvalue weighted by Crippen LogP contribution is -2.63. The van der Waals surface area contributed by atoms with Crippen molar-refractivity contribution in [2.75, 3.05) is 12.9 Å². The third-order valence-electron chi connectivity index (χ3n) is 8.71. The largest absolute Gasteiger partial charge is 0.467 e. The molecule has 7 N–H and O–H groups in total. The van der Waals surface area contributed by atoms with E-state index < -0.39 is 94.4 Å². The highest BCUT2D eigenvalue weighted by Gasteiger charge is 2.38. The van der Waals surface area contributed by atoms with Crippen LogP contribution in [0.2, 0.25) is 0 Å². The van der Waals surface area contributed by atoms with E-state index in [0.717, 1.165) is 5.56 Å². The zero-order valence-electron chi connectivity index (χ0n) is 37.7. The molecule has 7 amide bonds. The molecule has 0 aliphatic carbocycles. The van der Waals surface area contributed by atoms with Gasteiger partial charge in [-0.25, -0.2) is 9.59 Å². The highest BCUT2D eigenvalue weighted by molar-refractivity contribution is 7.98. The van der Waals surface area contributed by atoms with Gasteiger partial charge in [0.2, 0.25) is 35.4 Å². The van der Waals surface area contributed by atoms with Crippen molar-refractivity contribution in [3.05, 3.63) is 35.9 Å². The molecule has 0 aromatic heterocycles. The van der Waals surface area contributed by atoms with Crippen molar-refractivity contribution in [2.24, 2.45) is 11.8 Å². The number of ether oxygens (including phenoxy) is 2. The van der Waals surface area contributed by atoms with Crippen LogP contribution in [0, 0.1) is 11.8 Å². The number of thioether (sulfide) groups is 1. The van der Waals surface area contributed by atoms with Crippen molar-refractivity contribution < 1.29 is 47.8 Å². The Hall–Kier alpha value is -4.87. The Morgan fingerprint density at radius 3 is 1.50 bits per heavy atom. The molecule has 0 aliphatic rings. The molecule has 1 aromatic carbocycles. The molecule has 1 rings (SSSR count). The summed E-state index contributed by atoms with van der Waals surface area (Å²) >= 11 is 1.36. The Morgan fingerprint density at radius 2 is 1.05 bits per heavy atom. The van der Waals surface area contributed by atoms with Gasteiger partial charge in [-0.15, -0.1) is 0 Å². The summed E-state index contributed by atoms with van der Waals surface area (Å²) in [6, 6.07) is 3.95. The second kappa shape index (κ2) is 23.8. The second-order valence-electron chi connectivity index (χ2n) is 17.7. The maximum absolute atomic E-state index is 13.9. The van der Waals surface area contributed by atoms with E-state index in [1.54, 1.807) is 20.8 Å². The summed E-state index contributed by atoms with van der Waals surface area (Å²) in [5.41, 5.74) is -2.78. The van der Waals surface area contributed by atoms with Crippen LogP contribution >= 0.6 is 11.8 Å². The zero-order chi connectivity index (χ0) is 46.2. The molecule has 5 atom stereocenters. The van der Waals surface area contributed by atoms with Gasteiger partial charge in [-0.2, -0.15) is 11.8 Å². The van der Waals surface area contributed by atoms with E-state index >= 15 is 0 Å². The first kappa shape index (κ1) is 53.1. The molecule has 1 aromatic rings. The fourth-order valence-corrected chi connectivity index (χ4v) is 6.49. The van der Waals surface area contributed by atoms with Crippen molar-refractivity contribution in [1.29, 1.82) is 0 Å². The molecular formula is C42H69N7O10S. The lowest BCUT2D eigenvalue weighted by atomic mass is 9.99. The standard InChI is InChI=1S/C42H69N7O10S/c1-24(2)20-29(46-33(51)27(6)44-39(57)59-40(7,8)9)35(53)48-41(10,11)37(55)47-31(23-60-22-28-18-16-15-17-19-28)34(52)43-26(5)32(50)45-30(21-25(3)4)36(54)49-42(12,13)38(56)58-14/h15-19,24-27,29-31H,20-23H2,1-14H3,(H,43,52)(H,44,57)(H,45,50)(H,46,51)(H,47,55)(H,48,53)(H,49,54)/t26-,27-,29-,30-,31-/m0/s1. The fraction of sp³-hybridized carbons (Fsp3) is 0.667. The molecule has 18 heteroatoms. The monoisotopic (exact) mass is 863 g/mol. The van der Waals surface area contributed by atoms with Gasteiger partial charge in [-0.05, 0) is 92.6 Å². The number of hydrogen-bond donors (Lipinski definition) is 7. The van der Waals surface area contributed by atoms with Crippen molar-refractivity contribution in [1.82, 2.24) is 37.2 Å². The summed E-state index contributed by atoms with van der Waals surface area (Å²) in [5.74, 6) is -4.18. The molecule has 0 bridgehead atoms. The summed E-state index contributed by atoms with van der Waals surface area (Å²) in [4.78, 5) is 106. The number of nitrogens with one attached hydrogen (secondary N) is 7. The highest BCUT2D eigenvalue weighted by atomic mass is 32.2. The van der Waals surface area contributed by atoms with Gasteiger partial charge < -0.3 is 46.7 Å². The van der Waals surface area contributed by atoms with Crippen molar-refractivity contribution in [3.63, 3.8) is 0 Å². The van der Waals surface area contributed by atoms with Gasteiger partial charge in [-0.3, -0.25) is 28.8 Å². The molecule has 0 saturated heterocycles. The second-order valence-corrected chi connectivity index (χ2v) is 18.8. The molecule has 0 spiro atoms. The Morgan fingerprint density at radius 1 is 0.583 bits per heavy atom. The molecule has 0 unspecified atom stereocenters. The van der Waals surface area contributed by atoms with Gasteiger partial charge >= 0.3 is 12.1 Å².